The summed E-state index contributed by atoms with van der Waals surface area (Å²) in [6.07, 6.45) is 2.29. The molecule has 2 unspecified atom stereocenters. The normalized spacial score (nSPS) is 18.1. The molecular formula is C20H38O6. The first kappa shape index (κ1) is 24.9. The second-order valence-corrected chi connectivity index (χ2v) is 7.78. The van der Waals surface area contributed by atoms with Gasteiger partial charge in [0, 0.05) is 19.6 Å². The molecule has 0 aromatic heterocycles. The summed E-state index contributed by atoms with van der Waals surface area (Å²) in [6, 6.07) is 0. The molecule has 1 fully saturated rings. The number of hydrogen-bond donors (Lipinski definition) is 0. The highest BCUT2D eigenvalue weighted by molar-refractivity contribution is 5.76. The van der Waals surface area contributed by atoms with E-state index in [2.05, 4.69) is 0 Å². The van der Waals surface area contributed by atoms with Crippen molar-refractivity contribution in [1.82, 2.24) is 0 Å². The van der Waals surface area contributed by atoms with Crippen molar-refractivity contribution >= 4 is 11.9 Å². The van der Waals surface area contributed by atoms with Crippen molar-refractivity contribution in [3.63, 3.8) is 0 Å². The van der Waals surface area contributed by atoms with Gasteiger partial charge < -0.3 is 18.9 Å². The van der Waals surface area contributed by atoms with Gasteiger partial charge in [-0.05, 0) is 54.4 Å². The average molecular weight is 375 g/mol. The van der Waals surface area contributed by atoms with E-state index in [9.17, 15) is 9.59 Å². The molecule has 1 aliphatic heterocycles. The highest BCUT2D eigenvalue weighted by atomic mass is 16.7. The summed E-state index contributed by atoms with van der Waals surface area (Å²) in [5.74, 6) is -0.318. The molecule has 1 heterocycles. The summed E-state index contributed by atoms with van der Waals surface area (Å²) < 4.78 is 20.5. The molecule has 1 aliphatic rings. The Morgan fingerprint density at radius 3 is 1.92 bits per heavy atom. The fourth-order valence-corrected chi connectivity index (χ4v) is 1.65. The minimum Gasteiger partial charge on any atom is -0.463 e. The van der Waals surface area contributed by atoms with Crippen LogP contribution in [0.2, 0.25) is 0 Å². The summed E-state index contributed by atoms with van der Waals surface area (Å²) in [6.45, 7) is 16.9. The predicted octanol–water partition coefficient (Wildman–Crippen LogP) is 4.10. The van der Waals surface area contributed by atoms with Crippen LogP contribution in [0.5, 0.6) is 0 Å². The minimum absolute atomic E-state index is 0.120. The lowest BCUT2D eigenvalue weighted by Gasteiger charge is -2.28. The van der Waals surface area contributed by atoms with Crippen LogP contribution in [-0.2, 0) is 28.5 Å². The van der Waals surface area contributed by atoms with Crippen molar-refractivity contribution in [2.45, 2.75) is 87.0 Å². The zero-order chi connectivity index (χ0) is 20.4. The number of hydrogen-bond acceptors (Lipinski definition) is 6. The van der Waals surface area contributed by atoms with E-state index in [1.165, 1.54) is 0 Å². The van der Waals surface area contributed by atoms with Crippen LogP contribution in [0.3, 0.4) is 0 Å². The fraction of sp³-hybridized carbons (Fsp3) is 0.900. The third-order valence-electron chi connectivity index (χ3n) is 4.74. The Kier molecular flexibility index (Phi) is 11.0. The Morgan fingerprint density at radius 2 is 1.54 bits per heavy atom. The molecule has 1 rings (SSSR count). The van der Waals surface area contributed by atoms with Gasteiger partial charge >= 0.3 is 11.9 Å². The van der Waals surface area contributed by atoms with Gasteiger partial charge in [0.25, 0.3) is 0 Å². The van der Waals surface area contributed by atoms with E-state index in [4.69, 9.17) is 18.9 Å². The van der Waals surface area contributed by atoms with Crippen LogP contribution >= 0.6 is 0 Å². The molecule has 0 bridgehead atoms. The van der Waals surface area contributed by atoms with Crippen molar-refractivity contribution in [1.29, 1.82) is 0 Å². The van der Waals surface area contributed by atoms with Crippen LogP contribution in [-0.4, -0.2) is 44.2 Å². The van der Waals surface area contributed by atoms with Crippen LogP contribution < -0.4 is 0 Å². The molecule has 0 spiro atoms. The van der Waals surface area contributed by atoms with E-state index in [0.717, 1.165) is 25.9 Å². The van der Waals surface area contributed by atoms with Gasteiger partial charge in [-0.2, -0.15) is 0 Å². The number of rotatable bonds is 9. The van der Waals surface area contributed by atoms with E-state index < -0.39 is 11.7 Å². The lowest BCUT2D eigenvalue weighted by atomic mass is 9.91. The molecule has 0 N–H and O–H groups in total. The Morgan fingerprint density at radius 1 is 1.04 bits per heavy atom. The molecule has 0 aromatic carbocycles. The monoisotopic (exact) mass is 374 g/mol. The van der Waals surface area contributed by atoms with Crippen LogP contribution in [0.1, 0.15) is 74.7 Å². The molecule has 0 saturated carbocycles. The summed E-state index contributed by atoms with van der Waals surface area (Å²) in [4.78, 5) is 22.9. The average Bonchev–Trinajstić information content (AvgIpc) is 2.53. The van der Waals surface area contributed by atoms with E-state index >= 15 is 0 Å². The molecule has 2 atom stereocenters. The molecule has 0 aromatic rings. The van der Waals surface area contributed by atoms with E-state index in [0.29, 0.717) is 13.2 Å². The summed E-state index contributed by atoms with van der Waals surface area (Å²) >= 11 is 0. The lowest BCUT2D eigenvalue weighted by Crippen LogP contribution is -2.35. The molecule has 26 heavy (non-hydrogen) atoms. The van der Waals surface area contributed by atoms with Crippen LogP contribution in [0.25, 0.3) is 0 Å². The second-order valence-electron chi connectivity index (χ2n) is 7.78. The van der Waals surface area contributed by atoms with Crippen molar-refractivity contribution in [3.8, 4) is 0 Å². The zero-order valence-electron chi connectivity index (χ0n) is 17.8. The molecule has 154 valence electrons. The van der Waals surface area contributed by atoms with Gasteiger partial charge in [-0.25, -0.2) is 0 Å². The Balaban J connectivity index is 0.000000481. The van der Waals surface area contributed by atoms with Gasteiger partial charge in [-0.15, -0.1) is 0 Å². The maximum absolute atomic E-state index is 11.5. The topological polar surface area (TPSA) is 71.1 Å². The van der Waals surface area contributed by atoms with E-state index in [1.807, 2.05) is 48.5 Å². The number of esters is 2. The molecule has 6 nitrogen and oxygen atoms in total. The zero-order valence-corrected chi connectivity index (χ0v) is 17.8. The number of carbonyl (C=O) groups excluding carboxylic acids is 2. The summed E-state index contributed by atoms with van der Waals surface area (Å²) in [5, 5.41) is 0. The predicted molar refractivity (Wildman–Crippen MR) is 101 cm³/mol. The van der Waals surface area contributed by atoms with Gasteiger partial charge in [0.15, 0.2) is 6.29 Å². The third-order valence-corrected chi connectivity index (χ3v) is 4.74. The van der Waals surface area contributed by atoms with E-state index in [1.54, 1.807) is 6.92 Å². The Bertz CT molecular complexity index is 426. The minimum atomic E-state index is -0.441. The molecule has 1 saturated heterocycles. The van der Waals surface area contributed by atoms with Crippen LogP contribution in [0.4, 0.5) is 0 Å². The SMILES string of the molecule is CCC(C)(C)C(=O)OCC1CCO1.CCOC(C)OC(=O)C(C)(C)CC. The van der Waals surface area contributed by atoms with Crippen LogP contribution in [0, 0.1) is 10.8 Å². The smallest absolute Gasteiger partial charge is 0.313 e. The highest BCUT2D eigenvalue weighted by Gasteiger charge is 2.29. The van der Waals surface area contributed by atoms with Crippen molar-refractivity contribution < 1.29 is 28.5 Å². The first-order valence-electron chi connectivity index (χ1n) is 9.61. The second kappa shape index (κ2) is 11.5. The molecule has 0 amide bonds. The molecule has 0 radical (unpaired) electrons. The maximum Gasteiger partial charge on any atom is 0.313 e. The van der Waals surface area contributed by atoms with Gasteiger partial charge in [0.2, 0.25) is 0 Å². The molecule has 6 heteroatoms. The quantitative estimate of drug-likeness (QED) is 0.447. The first-order valence-corrected chi connectivity index (χ1v) is 9.61. The van der Waals surface area contributed by atoms with Crippen molar-refractivity contribution in [2.75, 3.05) is 19.8 Å². The van der Waals surface area contributed by atoms with Crippen LogP contribution in [0.15, 0.2) is 0 Å². The summed E-state index contributed by atoms with van der Waals surface area (Å²) in [5.41, 5.74) is -0.769. The van der Waals surface area contributed by atoms with E-state index in [-0.39, 0.29) is 23.5 Å². The number of ether oxygens (including phenoxy) is 4. The molecular weight excluding hydrogens is 336 g/mol. The Hall–Kier alpha value is -1.14. The maximum atomic E-state index is 11.5. The highest BCUT2D eigenvalue weighted by Crippen LogP contribution is 2.23. The summed E-state index contributed by atoms with van der Waals surface area (Å²) in [7, 11) is 0. The number of carbonyl (C=O) groups is 2. The van der Waals surface area contributed by atoms with Crippen molar-refractivity contribution in [3.05, 3.63) is 0 Å². The third kappa shape index (κ3) is 8.99. The molecule has 0 aliphatic carbocycles. The lowest BCUT2D eigenvalue weighted by molar-refractivity contribution is -0.184. The van der Waals surface area contributed by atoms with Gasteiger partial charge in [0.1, 0.15) is 6.61 Å². The standard InChI is InChI=1S/C10H18O3.C10H20O3/c1-4-10(2,3)9(11)13-7-8-5-6-12-8;1-6-10(4,5)9(11)13-8(3)12-7-2/h8H,4-7H2,1-3H3;8H,6-7H2,1-5H3. The van der Waals surface area contributed by atoms with Crippen molar-refractivity contribution in [2.24, 2.45) is 10.8 Å². The Labute approximate surface area is 158 Å². The van der Waals surface area contributed by atoms with Gasteiger partial charge in [0.05, 0.1) is 16.9 Å². The van der Waals surface area contributed by atoms with Gasteiger partial charge in [-0.3, -0.25) is 9.59 Å². The largest absolute Gasteiger partial charge is 0.463 e. The first-order chi connectivity index (χ1) is 12.0. The van der Waals surface area contributed by atoms with Gasteiger partial charge in [-0.1, -0.05) is 13.8 Å². The fourth-order valence-electron chi connectivity index (χ4n) is 1.65.